The second-order valence-corrected chi connectivity index (χ2v) is 2.93. The maximum Gasteiger partial charge on any atom is 0.0426 e. The highest BCUT2D eigenvalue weighted by Crippen LogP contribution is 2.17. The minimum atomic E-state index is 0. The first kappa shape index (κ1) is 9.14. The highest BCUT2D eigenvalue weighted by molar-refractivity contribution is 5.85. The zero-order valence-electron chi connectivity index (χ0n) is 7.03. The highest BCUT2D eigenvalue weighted by Gasteiger charge is 2.04. The van der Waals surface area contributed by atoms with Gasteiger partial charge in [0.15, 0.2) is 0 Å². The molecule has 0 saturated carbocycles. The fourth-order valence-electron chi connectivity index (χ4n) is 1.37. The zero-order chi connectivity index (χ0) is 7.68. The van der Waals surface area contributed by atoms with Crippen molar-refractivity contribution in [2.75, 3.05) is 7.05 Å². The van der Waals surface area contributed by atoms with E-state index in [1.54, 1.807) is 0 Å². The van der Waals surface area contributed by atoms with Crippen molar-refractivity contribution in [3.63, 3.8) is 0 Å². The van der Waals surface area contributed by atoms with Crippen molar-refractivity contribution < 1.29 is 0 Å². The van der Waals surface area contributed by atoms with Crippen molar-refractivity contribution in [1.29, 1.82) is 0 Å². The Bertz CT molecular complexity index is 294. The van der Waals surface area contributed by atoms with Crippen molar-refractivity contribution in [1.82, 2.24) is 4.90 Å². The average molecular weight is 182 g/mol. The average Bonchev–Trinajstić information content (AvgIpc) is 2.04. The second kappa shape index (κ2) is 3.63. The number of hydrogen-bond acceptors (Lipinski definition) is 1. The number of halogens is 1. The molecule has 1 aromatic rings. The molecule has 0 unspecified atom stereocenters. The molecule has 0 saturated heterocycles. The van der Waals surface area contributed by atoms with Crippen molar-refractivity contribution in [3.05, 3.63) is 41.6 Å². The number of nitrogens with zero attached hydrogens (tertiary/aromatic N) is 1. The Balaban J connectivity index is 0.000000720. The van der Waals surface area contributed by atoms with E-state index in [1.807, 2.05) is 0 Å². The van der Waals surface area contributed by atoms with Crippen LogP contribution in [0.2, 0.25) is 0 Å². The zero-order valence-corrected chi connectivity index (χ0v) is 7.84. The van der Waals surface area contributed by atoms with E-state index >= 15 is 0 Å². The van der Waals surface area contributed by atoms with E-state index in [0.717, 1.165) is 6.54 Å². The van der Waals surface area contributed by atoms with Crippen LogP contribution in [0.5, 0.6) is 0 Å². The summed E-state index contributed by atoms with van der Waals surface area (Å²) in [7, 11) is 2.09. The van der Waals surface area contributed by atoms with Crippen molar-refractivity contribution >= 4 is 18.5 Å². The van der Waals surface area contributed by atoms with Gasteiger partial charge in [-0.05, 0) is 23.4 Å². The summed E-state index contributed by atoms with van der Waals surface area (Å²) in [4.78, 5) is 2.18. The maximum absolute atomic E-state index is 2.18. The van der Waals surface area contributed by atoms with Crippen LogP contribution in [0, 0.1) is 0 Å². The standard InChI is InChI=1S/C10H11N.ClH/c1-11-7-6-9-4-2-3-5-10(9)8-11;/h2-7H,8H2,1H3;1H. The molecule has 0 aromatic heterocycles. The predicted molar refractivity (Wildman–Crippen MR) is 54.2 cm³/mol. The van der Waals surface area contributed by atoms with E-state index in [2.05, 4.69) is 48.5 Å². The molecular weight excluding hydrogens is 170 g/mol. The Morgan fingerprint density at radius 1 is 1.25 bits per heavy atom. The molecule has 1 heterocycles. The number of hydrogen-bond donors (Lipinski definition) is 0. The Morgan fingerprint density at radius 2 is 2.00 bits per heavy atom. The molecular formula is C10H12ClN. The van der Waals surface area contributed by atoms with Crippen LogP contribution in [0.4, 0.5) is 0 Å². The smallest absolute Gasteiger partial charge is 0.0426 e. The topological polar surface area (TPSA) is 3.24 Å². The first-order valence-corrected chi connectivity index (χ1v) is 3.82. The third-order valence-electron chi connectivity index (χ3n) is 1.98. The van der Waals surface area contributed by atoms with Gasteiger partial charge in [-0.3, -0.25) is 0 Å². The molecule has 0 radical (unpaired) electrons. The lowest BCUT2D eigenvalue weighted by atomic mass is 10.1. The largest absolute Gasteiger partial charge is 0.376 e. The maximum atomic E-state index is 2.18. The van der Waals surface area contributed by atoms with E-state index in [0.29, 0.717) is 0 Å². The Morgan fingerprint density at radius 3 is 2.83 bits per heavy atom. The van der Waals surface area contributed by atoms with E-state index in [-0.39, 0.29) is 12.4 Å². The Hall–Kier alpha value is -0.950. The molecule has 0 N–H and O–H groups in total. The minimum Gasteiger partial charge on any atom is -0.376 e. The van der Waals surface area contributed by atoms with Gasteiger partial charge in [0, 0.05) is 13.6 Å². The predicted octanol–water partition coefficient (Wildman–Crippen LogP) is 2.52. The fourth-order valence-corrected chi connectivity index (χ4v) is 1.37. The molecule has 0 bridgehead atoms. The van der Waals surface area contributed by atoms with Crippen LogP contribution in [0.25, 0.3) is 6.08 Å². The van der Waals surface area contributed by atoms with Gasteiger partial charge in [0.05, 0.1) is 0 Å². The Labute approximate surface area is 79.1 Å². The lowest BCUT2D eigenvalue weighted by molar-refractivity contribution is 0.448. The van der Waals surface area contributed by atoms with Crippen LogP contribution in [-0.2, 0) is 6.54 Å². The molecule has 0 atom stereocenters. The minimum absolute atomic E-state index is 0. The second-order valence-electron chi connectivity index (χ2n) is 2.93. The SMILES string of the molecule is CN1C=Cc2ccccc2C1.Cl. The molecule has 1 aliphatic rings. The van der Waals surface area contributed by atoms with Gasteiger partial charge in [0.2, 0.25) is 0 Å². The van der Waals surface area contributed by atoms with Gasteiger partial charge in [-0.25, -0.2) is 0 Å². The summed E-state index contributed by atoms with van der Waals surface area (Å²) >= 11 is 0. The van der Waals surface area contributed by atoms with E-state index in [9.17, 15) is 0 Å². The summed E-state index contributed by atoms with van der Waals surface area (Å²) in [5.41, 5.74) is 2.77. The van der Waals surface area contributed by atoms with E-state index in [1.165, 1.54) is 11.1 Å². The van der Waals surface area contributed by atoms with Crippen LogP contribution in [0.15, 0.2) is 30.5 Å². The normalized spacial score (nSPS) is 13.6. The monoisotopic (exact) mass is 181 g/mol. The third kappa shape index (κ3) is 1.62. The van der Waals surface area contributed by atoms with Gasteiger partial charge < -0.3 is 4.90 Å². The van der Waals surface area contributed by atoms with Crippen LogP contribution in [0.3, 0.4) is 0 Å². The van der Waals surface area contributed by atoms with Crippen LogP contribution in [-0.4, -0.2) is 11.9 Å². The molecule has 0 spiro atoms. The lowest BCUT2D eigenvalue weighted by Crippen LogP contribution is -2.13. The van der Waals surface area contributed by atoms with Gasteiger partial charge in [-0.1, -0.05) is 24.3 Å². The molecule has 1 aromatic carbocycles. The molecule has 1 nitrogen and oxygen atoms in total. The lowest BCUT2D eigenvalue weighted by Gasteiger charge is -2.20. The highest BCUT2D eigenvalue weighted by atomic mass is 35.5. The van der Waals surface area contributed by atoms with Gasteiger partial charge in [-0.2, -0.15) is 0 Å². The number of fused-ring (bicyclic) bond motifs is 1. The summed E-state index contributed by atoms with van der Waals surface area (Å²) in [6.07, 6.45) is 4.27. The van der Waals surface area contributed by atoms with Crippen LogP contribution >= 0.6 is 12.4 Å². The molecule has 1 aliphatic heterocycles. The van der Waals surface area contributed by atoms with Crippen molar-refractivity contribution in [3.8, 4) is 0 Å². The summed E-state index contributed by atoms with van der Waals surface area (Å²) in [5.74, 6) is 0. The van der Waals surface area contributed by atoms with E-state index < -0.39 is 0 Å². The first-order valence-electron chi connectivity index (χ1n) is 3.82. The number of benzene rings is 1. The molecule has 64 valence electrons. The summed E-state index contributed by atoms with van der Waals surface area (Å²) < 4.78 is 0. The quantitative estimate of drug-likeness (QED) is 0.595. The van der Waals surface area contributed by atoms with Gasteiger partial charge in [0.1, 0.15) is 0 Å². The van der Waals surface area contributed by atoms with Crippen molar-refractivity contribution in [2.45, 2.75) is 6.54 Å². The molecule has 2 heteroatoms. The summed E-state index contributed by atoms with van der Waals surface area (Å²) in [6.45, 7) is 1.03. The first-order chi connectivity index (χ1) is 5.36. The molecule has 0 amide bonds. The molecule has 2 rings (SSSR count). The fraction of sp³-hybridized carbons (Fsp3) is 0.200. The van der Waals surface area contributed by atoms with Crippen LogP contribution in [0.1, 0.15) is 11.1 Å². The molecule has 0 aliphatic carbocycles. The molecule has 12 heavy (non-hydrogen) atoms. The summed E-state index contributed by atoms with van der Waals surface area (Å²) in [6, 6.07) is 8.49. The van der Waals surface area contributed by atoms with E-state index in [4.69, 9.17) is 0 Å². The third-order valence-corrected chi connectivity index (χ3v) is 1.98. The van der Waals surface area contributed by atoms with Gasteiger partial charge in [0.25, 0.3) is 0 Å². The number of rotatable bonds is 0. The molecule has 0 fully saturated rings. The van der Waals surface area contributed by atoms with Crippen LogP contribution < -0.4 is 0 Å². The van der Waals surface area contributed by atoms with Gasteiger partial charge in [-0.15, -0.1) is 12.4 Å². The van der Waals surface area contributed by atoms with Crippen molar-refractivity contribution in [2.24, 2.45) is 0 Å². The Kier molecular flexibility index (Phi) is 2.77. The summed E-state index contributed by atoms with van der Waals surface area (Å²) in [5, 5.41) is 0. The van der Waals surface area contributed by atoms with Gasteiger partial charge >= 0.3 is 0 Å².